The highest BCUT2D eigenvalue weighted by Gasteiger charge is 2.23. The van der Waals surface area contributed by atoms with Crippen LogP contribution in [-0.4, -0.2) is 60.0 Å². The van der Waals surface area contributed by atoms with Crippen molar-refractivity contribution >= 4 is 29.1 Å². The molecule has 2 heterocycles. The summed E-state index contributed by atoms with van der Waals surface area (Å²) in [5, 5.41) is 16.6. The van der Waals surface area contributed by atoms with Crippen LogP contribution in [0.2, 0.25) is 0 Å². The second kappa shape index (κ2) is 16.6. The first-order valence-corrected chi connectivity index (χ1v) is 17.1. The van der Waals surface area contributed by atoms with Gasteiger partial charge in [0.25, 0.3) is 0 Å². The maximum absolute atomic E-state index is 12.3. The van der Waals surface area contributed by atoms with E-state index in [1.807, 2.05) is 87.5 Å². The van der Waals surface area contributed by atoms with Crippen molar-refractivity contribution in [2.75, 3.05) is 26.2 Å². The fourth-order valence-electron chi connectivity index (χ4n) is 6.11. The molecule has 1 aliphatic heterocycles. The maximum atomic E-state index is 12.3. The van der Waals surface area contributed by atoms with Crippen molar-refractivity contribution in [3.8, 4) is 16.9 Å². The molecule has 0 saturated carbocycles. The Bertz CT molecular complexity index is 1790. The van der Waals surface area contributed by atoms with Crippen molar-refractivity contribution in [2.45, 2.75) is 72.3 Å². The molecule has 0 spiro atoms. The maximum Gasteiger partial charge on any atom is 0.407 e. The van der Waals surface area contributed by atoms with Crippen molar-refractivity contribution < 1.29 is 38.1 Å². The van der Waals surface area contributed by atoms with E-state index >= 15 is 0 Å². The number of furan rings is 1. The number of carbonyl (C=O) groups excluding carboxylic acids is 2. The van der Waals surface area contributed by atoms with Crippen LogP contribution in [0.5, 0.6) is 5.75 Å². The molecule has 1 saturated heterocycles. The number of likely N-dealkylation sites (tertiary alicyclic amines) is 1. The third-order valence-electron chi connectivity index (χ3n) is 8.33. The summed E-state index contributed by atoms with van der Waals surface area (Å²) < 4.78 is 23.3. The van der Waals surface area contributed by atoms with Gasteiger partial charge in [0.1, 0.15) is 29.3 Å². The number of nitrogens with zero attached hydrogens (tertiary/aromatic N) is 1. The average molecular weight is 686 g/mol. The highest BCUT2D eigenvalue weighted by Crippen LogP contribution is 2.34. The van der Waals surface area contributed by atoms with E-state index in [4.69, 9.17) is 18.6 Å². The number of para-hydroxylation sites is 1. The first-order valence-electron chi connectivity index (χ1n) is 17.1. The zero-order chi connectivity index (χ0) is 35.7. The van der Waals surface area contributed by atoms with Gasteiger partial charge in [-0.15, -0.1) is 0 Å². The van der Waals surface area contributed by atoms with Gasteiger partial charge in [-0.1, -0.05) is 36.4 Å². The van der Waals surface area contributed by atoms with E-state index in [0.29, 0.717) is 45.1 Å². The van der Waals surface area contributed by atoms with Crippen molar-refractivity contribution in [3.63, 3.8) is 0 Å². The summed E-state index contributed by atoms with van der Waals surface area (Å²) in [5.74, 6) is 1.30. The van der Waals surface area contributed by atoms with Crippen LogP contribution in [0.1, 0.15) is 63.0 Å². The second-order valence-corrected chi connectivity index (χ2v) is 13.6. The first-order chi connectivity index (χ1) is 24.0. The van der Waals surface area contributed by atoms with Crippen LogP contribution in [0.4, 0.5) is 9.59 Å². The average Bonchev–Trinajstić information content (AvgIpc) is 3.49. The number of carbonyl (C=O) groups is 3. The molecule has 1 fully saturated rings. The molecular weight excluding hydrogens is 638 g/mol. The number of amides is 2. The molecule has 4 aromatic rings. The van der Waals surface area contributed by atoms with Crippen molar-refractivity contribution in [3.05, 3.63) is 89.2 Å². The Kier molecular flexibility index (Phi) is 12.0. The van der Waals surface area contributed by atoms with Crippen LogP contribution in [0.25, 0.3) is 22.1 Å². The number of fused-ring (bicyclic) bond motifs is 1. The third-order valence-corrected chi connectivity index (χ3v) is 8.33. The minimum absolute atomic E-state index is 0.117. The fraction of sp³-hybridized carbons (Fsp3) is 0.410. The summed E-state index contributed by atoms with van der Waals surface area (Å²) in [6, 6.07) is 21.5. The minimum Gasteiger partial charge on any atom is -0.489 e. The number of benzene rings is 3. The Labute approximate surface area is 292 Å². The quantitative estimate of drug-likeness (QED) is 0.124. The van der Waals surface area contributed by atoms with Crippen LogP contribution in [0.3, 0.4) is 0 Å². The monoisotopic (exact) mass is 685 g/mol. The molecule has 11 heteroatoms. The molecule has 1 atom stereocenters. The Morgan fingerprint density at radius 2 is 1.82 bits per heavy atom. The van der Waals surface area contributed by atoms with E-state index in [2.05, 4.69) is 10.6 Å². The van der Waals surface area contributed by atoms with Crippen molar-refractivity contribution in [1.29, 1.82) is 0 Å². The largest absolute Gasteiger partial charge is 0.489 e. The molecule has 0 aliphatic carbocycles. The predicted octanol–water partition coefficient (Wildman–Crippen LogP) is 7.29. The van der Waals surface area contributed by atoms with Crippen molar-refractivity contribution in [2.24, 2.45) is 5.92 Å². The van der Waals surface area contributed by atoms with E-state index in [0.717, 1.165) is 57.4 Å². The molecule has 2 amide bonds. The molecule has 0 unspecified atom stereocenters. The van der Waals surface area contributed by atoms with Gasteiger partial charge in [-0.05, 0) is 93.5 Å². The minimum atomic E-state index is -0.869. The number of hydrogen-bond acceptors (Lipinski definition) is 8. The zero-order valence-corrected chi connectivity index (χ0v) is 29.3. The lowest BCUT2D eigenvalue weighted by molar-refractivity contribution is -0.142. The summed E-state index contributed by atoms with van der Waals surface area (Å²) in [6.45, 7) is 10.4. The Hall–Kier alpha value is -5.03. The number of hydrogen-bond donors (Lipinski definition) is 3. The number of nitrogens with one attached hydrogen (secondary N) is 2. The third kappa shape index (κ3) is 10.2. The SMILES string of the molecule is CCOC(=O)Cc1ccccc1OCc1cc(-c2cccc(CNC(=O)OC(C)(C)C)c2)c2oc(CNC[C@@H]3CCCN(C(=O)O)C3)cc2c1. The number of esters is 1. The lowest BCUT2D eigenvalue weighted by Crippen LogP contribution is -2.42. The number of ether oxygens (including phenoxy) is 3. The van der Waals surface area contributed by atoms with Gasteiger partial charge in [0, 0.05) is 42.7 Å². The molecule has 50 heavy (non-hydrogen) atoms. The topological polar surface area (TPSA) is 140 Å². The molecule has 5 rings (SSSR count). The van der Waals surface area contributed by atoms with Gasteiger partial charge in [0.2, 0.25) is 0 Å². The molecule has 3 aromatic carbocycles. The molecule has 11 nitrogen and oxygen atoms in total. The van der Waals surface area contributed by atoms with Gasteiger partial charge in [-0.2, -0.15) is 0 Å². The second-order valence-electron chi connectivity index (χ2n) is 13.6. The molecule has 1 aliphatic rings. The summed E-state index contributed by atoms with van der Waals surface area (Å²) in [6.07, 6.45) is 0.598. The normalized spacial score (nSPS) is 14.7. The molecule has 0 bridgehead atoms. The zero-order valence-electron chi connectivity index (χ0n) is 29.3. The van der Waals surface area contributed by atoms with Gasteiger partial charge in [-0.25, -0.2) is 9.59 Å². The van der Waals surface area contributed by atoms with Gasteiger partial charge in [0.05, 0.1) is 19.6 Å². The van der Waals surface area contributed by atoms with E-state index in [1.165, 1.54) is 4.90 Å². The van der Waals surface area contributed by atoms with Crippen LogP contribution >= 0.6 is 0 Å². The van der Waals surface area contributed by atoms with E-state index in [1.54, 1.807) is 6.92 Å². The fourth-order valence-corrected chi connectivity index (χ4v) is 6.11. The number of carboxylic acid groups (broad SMARTS) is 1. The molecule has 266 valence electrons. The van der Waals surface area contributed by atoms with Crippen molar-refractivity contribution in [1.82, 2.24) is 15.5 Å². The number of rotatable bonds is 13. The van der Waals surface area contributed by atoms with Crippen LogP contribution < -0.4 is 15.4 Å². The summed E-state index contributed by atoms with van der Waals surface area (Å²) >= 11 is 0. The van der Waals surface area contributed by atoms with E-state index in [9.17, 15) is 19.5 Å². The number of alkyl carbamates (subject to hydrolysis) is 1. The predicted molar refractivity (Wildman–Crippen MR) is 190 cm³/mol. The Morgan fingerprint density at radius 3 is 2.60 bits per heavy atom. The first kappa shape index (κ1) is 36.3. The number of piperidine rings is 1. The Balaban J connectivity index is 1.38. The van der Waals surface area contributed by atoms with E-state index in [-0.39, 0.29) is 24.9 Å². The molecular formula is C39H47N3O8. The van der Waals surface area contributed by atoms with Gasteiger partial charge in [-0.3, -0.25) is 4.79 Å². The highest BCUT2D eigenvalue weighted by atomic mass is 16.6. The smallest absolute Gasteiger partial charge is 0.407 e. The lowest BCUT2D eigenvalue weighted by Gasteiger charge is -2.30. The van der Waals surface area contributed by atoms with E-state index < -0.39 is 17.8 Å². The van der Waals surface area contributed by atoms with Gasteiger partial charge >= 0.3 is 18.2 Å². The summed E-state index contributed by atoms with van der Waals surface area (Å²) in [7, 11) is 0. The van der Waals surface area contributed by atoms with Crippen LogP contribution in [-0.2, 0) is 40.4 Å². The van der Waals surface area contributed by atoms with Gasteiger partial charge in [0.15, 0.2) is 0 Å². The van der Waals surface area contributed by atoms with Crippen LogP contribution in [0, 0.1) is 5.92 Å². The van der Waals surface area contributed by atoms with Crippen LogP contribution in [0.15, 0.2) is 71.1 Å². The standard InChI is InChI=1S/C39H47N3O8/c1-5-47-35(43)20-30-12-6-7-14-34(30)48-25-28-17-31-19-32(23-40-21-27-11-9-15-42(24-27)38(45)46)49-36(31)33(18-28)29-13-8-10-26(16-29)22-41-37(44)50-39(2,3)4/h6-8,10,12-14,16-19,27,40H,5,9,11,15,20-25H2,1-4H3,(H,41,44)(H,45,46)/t27-/m0/s1. The molecule has 0 radical (unpaired) electrons. The molecule has 3 N–H and O–H groups in total. The molecule has 1 aromatic heterocycles. The van der Waals surface area contributed by atoms with Gasteiger partial charge < -0.3 is 39.3 Å². The lowest BCUT2D eigenvalue weighted by atomic mass is 9.98. The highest BCUT2D eigenvalue weighted by molar-refractivity contribution is 5.93. The summed E-state index contributed by atoms with van der Waals surface area (Å²) in [5.41, 5.74) is 4.46. The Morgan fingerprint density at radius 1 is 1.00 bits per heavy atom. The summed E-state index contributed by atoms with van der Waals surface area (Å²) in [4.78, 5) is 37.5.